The van der Waals surface area contributed by atoms with Gasteiger partial charge in [-0.25, -0.2) is 0 Å². The lowest BCUT2D eigenvalue weighted by atomic mass is 9.81. The van der Waals surface area contributed by atoms with Crippen LogP contribution in [0.1, 0.15) is 105 Å². The van der Waals surface area contributed by atoms with Crippen molar-refractivity contribution in [3.05, 3.63) is 0 Å². The first kappa shape index (κ1) is 43.2. The summed E-state index contributed by atoms with van der Waals surface area (Å²) < 4.78 is 0. The van der Waals surface area contributed by atoms with Gasteiger partial charge in [0.15, 0.2) is 0 Å². The van der Waals surface area contributed by atoms with Gasteiger partial charge in [0, 0.05) is 19.5 Å². The van der Waals surface area contributed by atoms with E-state index in [4.69, 9.17) is 5.73 Å². The zero-order valence-electron chi connectivity index (χ0n) is 28.4. The molecular weight excluding hydrogens is 597 g/mol. The van der Waals surface area contributed by atoms with Crippen molar-refractivity contribution < 1.29 is 39.1 Å². The molecule has 0 aliphatic rings. The van der Waals surface area contributed by atoms with E-state index in [1.165, 1.54) is 59.3 Å². The second kappa shape index (κ2) is 25.3. The number of nitrogens with two attached hydrogens (primary N) is 1. The van der Waals surface area contributed by atoms with Crippen LogP contribution in [0.25, 0.3) is 0 Å². The van der Waals surface area contributed by atoms with Crippen molar-refractivity contribution in [1.29, 1.82) is 0 Å². The van der Waals surface area contributed by atoms with Crippen molar-refractivity contribution in [3.8, 4) is 0 Å². The number of carbonyl (C=O) groups is 5. The van der Waals surface area contributed by atoms with Gasteiger partial charge in [-0.05, 0) is 40.2 Å². The molecular formula is C30H60BN7O8. The van der Waals surface area contributed by atoms with Gasteiger partial charge in [0.2, 0.25) is 29.5 Å². The molecule has 0 saturated heterocycles. The van der Waals surface area contributed by atoms with E-state index in [9.17, 15) is 39.1 Å². The molecule has 6 unspecified atom stereocenters. The first-order valence-corrected chi connectivity index (χ1v) is 16.7. The minimum atomic E-state index is -1.79. The summed E-state index contributed by atoms with van der Waals surface area (Å²) in [6.07, 6.45) is 9.24. The molecule has 5 amide bonds. The van der Waals surface area contributed by atoms with Crippen LogP contribution in [0.15, 0.2) is 0 Å². The molecule has 16 heteroatoms. The highest BCUT2D eigenvalue weighted by molar-refractivity contribution is 6.43. The quantitative estimate of drug-likeness (QED) is 0.0390. The fourth-order valence-corrected chi connectivity index (χ4v) is 4.49. The molecule has 0 aromatic heterocycles. The Balaban J connectivity index is 4.81. The second-order valence-corrected chi connectivity index (χ2v) is 11.8. The Kier molecular flexibility index (Phi) is 23.8. The Morgan fingerprint density at radius 3 is 1.80 bits per heavy atom. The number of carbonyl (C=O) groups excluding carboxylic acids is 5. The molecule has 0 spiro atoms. The number of unbranched alkanes of at least 4 members (excludes halogenated alkanes) is 7. The standard InChI is InChI=1S/C30H60BN7O8/c1-6-8-9-10-11-12-13-14-17-33-18-16-25(40)36-24(19-32)29(43)38-26(21(4)39)30(44)34-20(3)27(41)37-23(15-7-2)28(42)35-22(5)31(45)46/h20-24,26,33,39,45-46H,6-19,32H2,1-5H3,(H,34,44)(H,35,42)(H,36,40)(H,37,41)(H,38,43). The molecule has 0 bridgehead atoms. The fraction of sp³-hybridized carbons (Fsp3) is 0.833. The first-order chi connectivity index (χ1) is 21.8. The molecule has 0 radical (unpaired) electrons. The van der Waals surface area contributed by atoms with Gasteiger partial charge in [-0.3, -0.25) is 24.0 Å². The van der Waals surface area contributed by atoms with E-state index < -0.39 is 72.9 Å². The molecule has 0 heterocycles. The average Bonchev–Trinajstić information content (AvgIpc) is 3.00. The highest BCUT2D eigenvalue weighted by Gasteiger charge is 2.32. The maximum absolute atomic E-state index is 12.9. The van der Waals surface area contributed by atoms with Crippen LogP contribution < -0.4 is 37.6 Å². The molecule has 0 fully saturated rings. The van der Waals surface area contributed by atoms with Crippen LogP contribution in [0.4, 0.5) is 0 Å². The normalized spacial score (nSPS) is 15.0. The van der Waals surface area contributed by atoms with E-state index in [-0.39, 0.29) is 19.4 Å². The van der Waals surface area contributed by atoms with Crippen molar-refractivity contribution in [1.82, 2.24) is 31.9 Å². The first-order valence-electron chi connectivity index (χ1n) is 16.7. The molecule has 0 saturated carbocycles. The van der Waals surface area contributed by atoms with Gasteiger partial charge >= 0.3 is 7.12 Å². The third-order valence-corrected chi connectivity index (χ3v) is 7.47. The van der Waals surface area contributed by atoms with Crippen LogP contribution in [0.5, 0.6) is 0 Å². The van der Waals surface area contributed by atoms with Crippen molar-refractivity contribution in [2.24, 2.45) is 5.73 Å². The summed E-state index contributed by atoms with van der Waals surface area (Å²) >= 11 is 0. The maximum Gasteiger partial charge on any atom is 0.475 e. The summed E-state index contributed by atoms with van der Waals surface area (Å²) in [5.74, 6) is -4.35. The van der Waals surface area contributed by atoms with Gasteiger partial charge in [-0.2, -0.15) is 0 Å². The Bertz CT molecular complexity index is 912. The van der Waals surface area contributed by atoms with E-state index in [1.807, 2.05) is 0 Å². The molecule has 0 aromatic carbocycles. The minimum Gasteiger partial charge on any atom is -0.426 e. The Labute approximate surface area is 274 Å². The van der Waals surface area contributed by atoms with Gasteiger partial charge < -0.3 is 52.8 Å². The number of aliphatic hydroxyl groups is 1. The number of rotatable bonds is 26. The predicted octanol–water partition coefficient (Wildman–Crippen LogP) is -1.28. The van der Waals surface area contributed by atoms with Crippen molar-refractivity contribution in [2.45, 2.75) is 141 Å². The monoisotopic (exact) mass is 657 g/mol. The Morgan fingerprint density at radius 2 is 1.26 bits per heavy atom. The van der Waals surface area contributed by atoms with E-state index in [1.54, 1.807) is 6.92 Å². The minimum absolute atomic E-state index is 0.129. The number of hydrogen-bond acceptors (Lipinski definition) is 10. The van der Waals surface area contributed by atoms with Crippen LogP contribution in [0.2, 0.25) is 0 Å². The summed E-state index contributed by atoms with van der Waals surface area (Å²) in [5.41, 5.74) is 5.71. The molecule has 11 N–H and O–H groups in total. The Hall–Kier alpha value is -2.79. The second-order valence-electron chi connectivity index (χ2n) is 11.8. The van der Waals surface area contributed by atoms with Gasteiger partial charge in [0.1, 0.15) is 24.2 Å². The molecule has 0 aliphatic carbocycles. The maximum atomic E-state index is 12.9. The van der Waals surface area contributed by atoms with Gasteiger partial charge in [0.05, 0.1) is 12.0 Å². The van der Waals surface area contributed by atoms with Crippen molar-refractivity contribution >= 4 is 36.7 Å². The Morgan fingerprint density at radius 1 is 0.674 bits per heavy atom. The average molecular weight is 658 g/mol. The van der Waals surface area contributed by atoms with Crippen LogP contribution in [-0.4, -0.2) is 108 Å². The van der Waals surface area contributed by atoms with Crippen molar-refractivity contribution in [3.63, 3.8) is 0 Å². The smallest absolute Gasteiger partial charge is 0.426 e. The van der Waals surface area contributed by atoms with Crippen LogP contribution in [0, 0.1) is 0 Å². The molecule has 15 nitrogen and oxygen atoms in total. The van der Waals surface area contributed by atoms with Gasteiger partial charge in [0.25, 0.3) is 0 Å². The van der Waals surface area contributed by atoms with Crippen LogP contribution in [-0.2, 0) is 24.0 Å². The summed E-state index contributed by atoms with van der Waals surface area (Å²) in [4.78, 5) is 63.5. The topological polar surface area (TPSA) is 244 Å². The highest BCUT2D eigenvalue weighted by Crippen LogP contribution is 2.08. The third-order valence-electron chi connectivity index (χ3n) is 7.47. The van der Waals surface area contributed by atoms with E-state index in [2.05, 4.69) is 38.8 Å². The third kappa shape index (κ3) is 19.0. The fourth-order valence-electron chi connectivity index (χ4n) is 4.49. The number of hydrogen-bond donors (Lipinski definition) is 10. The molecule has 266 valence electrons. The molecule has 0 aromatic rings. The SMILES string of the molecule is CCCCCCCCCCNCCC(=O)NC(CN)C(=O)NC(C(=O)NC(C)C(=O)NC(CCC)C(=O)NC(C)B(O)O)C(C)O. The number of amides is 5. The van der Waals surface area contributed by atoms with E-state index >= 15 is 0 Å². The lowest BCUT2D eigenvalue weighted by Crippen LogP contribution is -2.61. The van der Waals surface area contributed by atoms with Crippen LogP contribution in [0.3, 0.4) is 0 Å². The van der Waals surface area contributed by atoms with Crippen molar-refractivity contribution in [2.75, 3.05) is 19.6 Å². The number of nitrogens with one attached hydrogen (secondary N) is 6. The summed E-state index contributed by atoms with van der Waals surface area (Å²) in [7, 11) is -1.79. The van der Waals surface area contributed by atoms with Gasteiger partial charge in [-0.1, -0.05) is 65.2 Å². The lowest BCUT2D eigenvalue weighted by molar-refractivity contribution is -0.136. The summed E-state index contributed by atoms with van der Waals surface area (Å²) in [6, 6.07) is -4.78. The molecule has 0 aliphatic heterocycles. The lowest BCUT2D eigenvalue weighted by Gasteiger charge is -2.26. The molecule has 6 atom stereocenters. The number of aliphatic hydroxyl groups excluding tert-OH is 1. The van der Waals surface area contributed by atoms with Crippen LogP contribution >= 0.6 is 0 Å². The predicted molar refractivity (Wildman–Crippen MR) is 177 cm³/mol. The molecule has 0 rings (SSSR count). The van der Waals surface area contributed by atoms with E-state index in [0.717, 1.165) is 19.4 Å². The zero-order valence-corrected chi connectivity index (χ0v) is 28.4. The summed E-state index contributed by atoms with van der Waals surface area (Å²) in [6.45, 7) is 9.01. The highest BCUT2D eigenvalue weighted by atomic mass is 16.4. The zero-order chi connectivity index (χ0) is 35.1. The van der Waals surface area contributed by atoms with Gasteiger partial charge in [-0.15, -0.1) is 0 Å². The molecule has 46 heavy (non-hydrogen) atoms. The summed E-state index contributed by atoms with van der Waals surface area (Å²) in [5, 5.41) is 44.1. The largest absolute Gasteiger partial charge is 0.475 e. The van der Waals surface area contributed by atoms with E-state index in [0.29, 0.717) is 13.0 Å².